The Morgan fingerprint density at radius 2 is 0.756 bits per heavy atom. The van der Waals surface area contributed by atoms with Crippen molar-refractivity contribution in [2.24, 2.45) is 0 Å². The first kappa shape index (κ1) is 39.9. The first-order valence-electron chi connectivity index (χ1n) is 18.1. The summed E-state index contributed by atoms with van der Waals surface area (Å²) in [6.07, 6.45) is 34.4. The molecule has 0 aliphatic heterocycles. The highest BCUT2D eigenvalue weighted by atomic mass is 16.6. The first-order chi connectivity index (χ1) is 20.1. The summed E-state index contributed by atoms with van der Waals surface area (Å²) in [5.74, 6) is -0.579. The molecule has 0 spiro atoms. The van der Waals surface area contributed by atoms with Crippen LogP contribution < -0.4 is 0 Å². The number of ether oxygens (including phenoxy) is 2. The Morgan fingerprint density at radius 1 is 0.463 bits per heavy atom. The Hall–Kier alpha value is -1.10. The summed E-state index contributed by atoms with van der Waals surface area (Å²) in [5.41, 5.74) is 0. The van der Waals surface area contributed by atoms with E-state index in [4.69, 9.17) is 9.47 Å². The van der Waals surface area contributed by atoms with Gasteiger partial charge in [0.2, 0.25) is 0 Å². The van der Waals surface area contributed by atoms with Crippen LogP contribution in [-0.4, -0.2) is 36.4 Å². The summed E-state index contributed by atoms with van der Waals surface area (Å²) < 4.78 is 10.6. The van der Waals surface area contributed by atoms with E-state index in [1.807, 2.05) is 0 Å². The molecule has 41 heavy (non-hydrogen) atoms. The van der Waals surface area contributed by atoms with Gasteiger partial charge >= 0.3 is 11.9 Å². The lowest BCUT2D eigenvalue weighted by Gasteiger charge is -2.15. The van der Waals surface area contributed by atoms with E-state index in [2.05, 4.69) is 13.8 Å². The van der Waals surface area contributed by atoms with Crippen molar-refractivity contribution in [2.75, 3.05) is 13.2 Å². The van der Waals surface area contributed by atoms with Gasteiger partial charge in [-0.2, -0.15) is 0 Å². The third-order valence-corrected chi connectivity index (χ3v) is 8.15. The molecule has 0 unspecified atom stereocenters. The Kier molecular flexibility index (Phi) is 32.5. The van der Waals surface area contributed by atoms with Crippen molar-refractivity contribution in [2.45, 2.75) is 206 Å². The minimum absolute atomic E-state index is 0.0573. The van der Waals surface area contributed by atoms with Crippen LogP contribution in [0, 0.1) is 0 Å². The van der Waals surface area contributed by atoms with Gasteiger partial charge in [0.15, 0.2) is 6.10 Å². The zero-order valence-electron chi connectivity index (χ0n) is 27.6. The second-order valence-corrected chi connectivity index (χ2v) is 12.3. The maximum absolute atomic E-state index is 12.1. The van der Waals surface area contributed by atoms with E-state index in [9.17, 15) is 14.7 Å². The maximum atomic E-state index is 12.1. The van der Waals surface area contributed by atoms with Gasteiger partial charge in [0.25, 0.3) is 0 Å². The fourth-order valence-corrected chi connectivity index (χ4v) is 5.38. The molecule has 5 heteroatoms. The topological polar surface area (TPSA) is 72.8 Å². The Bertz CT molecular complexity index is 550. The lowest BCUT2D eigenvalue weighted by atomic mass is 10.0. The van der Waals surface area contributed by atoms with Crippen LogP contribution >= 0.6 is 0 Å². The van der Waals surface area contributed by atoms with E-state index in [1.165, 1.54) is 141 Å². The average Bonchev–Trinajstić information content (AvgIpc) is 2.97. The van der Waals surface area contributed by atoms with Crippen LogP contribution in [0.25, 0.3) is 0 Å². The molecule has 0 amide bonds. The van der Waals surface area contributed by atoms with Gasteiger partial charge in [-0.05, 0) is 12.8 Å². The summed E-state index contributed by atoms with van der Waals surface area (Å²) in [5, 5.41) is 9.51. The Balaban J connectivity index is 3.52. The van der Waals surface area contributed by atoms with Crippen molar-refractivity contribution in [3.63, 3.8) is 0 Å². The number of carbonyl (C=O) groups excluding carboxylic acids is 2. The molecule has 0 aromatic rings. The quantitative estimate of drug-likeness (QED) is 0.0615. The largest absolute Gasteiger partial charge is 0.462 e. The van der Waals surface area contributed by atoms with Crippen LogP contribution in [0.15, 0.2) is 0 Å². The van der Waals surface area contributed by atoms with Crippen molar-refractivity contribution < 1.29 is 24.2 Å². The molecule has 0 saturated heterocycles. The normalized spacial score (nSPS) is 12.0. The van der Waals surface area contributed by atoms with Crippen molar-refractivity contribution in [3.8, 4) is 0 Å². The van der Waals surface area contributed by atoms with Crippen molar-refractivity contribution in [1.82, 2.24) is 0 Å². The highest BCUT2D eigenvalue weighted by Gasteiger charge is 2.16. The molecule has 0 aromatic heterocycles. The molecular weight excluding hydrogens is 512 g/mol. The van der Waals surface area contributed by atoms with Gasteiger partial charge in [0.1, 0.15) is 6.61 Å². The molecule has 0 rings (SSSR count). The number of rotatable bonds is 33. The van der Waals surface area contributed by atoms with E-state index >= 15 is 0 Å². The third-order valence-electron chi connectivity index (χ3n) is 8.15. The lowest BCUT2D eigenvalue weighted by Crippen LogP contribution is -2.28. The minimum Gasteiger partial charge on any atom is -0.462 e. The smallest absolute Gasteiger partial charge is 0.306 e. The Morgan fingerprint density at radius 3 is 1.07 bits per heavy atom. The second kappa shape index (κ2) is 33.4. The number of esters is 2. The van der Waals surface area contributed by atoms with Gasteiger partial charge in [-0.3, -0.25) is 9.59 Å². The van der Waals surface area contributed by atoms with Gasteiger partial charge in [-0.25, -0.2) is 0 Å². The van der Waals surface area contributed by atoms with Crippen molar-refractivity contribution >= 4 is 11.9 Å². The van der Waals surface area contributed by atoms with E-state index in [0.717, 1.165) is 32.1 Å². The first-order valence-corrected chi connectivity index (χ1v) is 18.1. The van der Waals surface area contributed by atoms with Gasteiger partial charge in [-0.15, -0.1) is 0 Å². The average molecular weight is 583 g/mol. The summed E-state index contributed by atoms with van der Waals surface area (Å²) in [6.45, 7) is 4.15. The highest BCUT2D eigenvalue weighted by Crippen LogP contribution is 2.15. The summed E-state index contributed by atoms with van der Waals surface area (Å²) in [6, 6.07) is 0. The number of carbonyl (C=O) groups is 2. The predicted molar refractivity (Wildman–Crippen MR) is 173 cm³/mol. The van der Waals surface area contributed by atoms with E-state index in [-0.39, 0.29) is 25.2 Å². The van der Waals surface area contributed by atoms with Crippen LogP contribution in [0.5, 0.6) is 0 Å². The van der Waals surface area contributed by atoms with Gasteiger partial charge in [-0.1, -0.05) is 174 Å². The molecule has 0 fully saturated rings. The van der Waals surface area contributed by atoms with Crippen LogP contribution in [0.1, 0.15) is 200 Å². The molecule has 0 heterocycles. The lowest BCUT2D eigenvalue weighted by molar-refractivity contribution is -0.161. The predicted octanol–water partition coefficient (Wildman–Crippen LogP) is 10.8. The molecule has 0 aliphatic carbocycles. The molecule has 0 radical (unpaired) electrons. The van der Waals surface area contributed by atoms with E-state index in [1.54, 1.807) is 0 Å². The number of unbranched alkanes of at least 4 members (excludes halogenated alkanes) is 25. The molecular formula is C36H70O5. The fourth-order valence-electron chi connectivity index (χ4n) is 5.38. The zero-order chi connectivity index (χ0) is 30.1. The molecule has 1 atom stereocenters. The van der Waals surface area contributed by atoms with Crippen molar-refractivity contribution in [3.05, 3.63) is 0 Å². The molecule has 0 aromatic carbocycles. The minimum atomic E-state index is -0.760. The van der Waals surface area contributed by atoms with Gasteiger partial charge < -0.3 is 14.6 Å². The highest BCUT2D eigenvalue weighted by molar-refractivity contribution is 5.70. The summed E-state index contributed by atoms with van der Waals surface area (Å²) in [7, 11) is 0. The van der Waals surface area contributed by atoms with Crippen LogP contribution in [0.4, 0.5) is 0 Å². The van der Waals surface area contributed by atoms with Crippen LogP contribution in [-0.2, 0) is 19.1 Å². The fraction of sp³-hybridized carbons (Fsp3) is 0.944. The van der Waals surface area contributed by atoms with E-state index < -0.39 is 6.10 Å². The summed E-state index contributed by atoms with van der Waals surface area (Å²) in [4.78, 5) is 24.1. The zero-order valence-corrected chi connectivity index (χ0v) is 27.6. The van der Waals surface area contributed by atoms with E-state index in [0.29, 0.717) is 12.8 Å². The van der Waals surface area contributed by atoms with Crippen LogP contribution in [0.2, 0.25) is 0 Å². The standard InChI is InChI=1S/C36H70O5/c1-3-5-7-9-11-13-15-17-19-21-23-25-27-29-31-36(39)41-34(32-37)33-40-35(38)30-28-26-24-22-20-18-16-14-12-10-8-6-4-2/h34,37H,3-33H2,1-2H3/t34-/m0/s1. The van der Waals surface area contributed by atoms with Crippen molar-refractivity contribution in [1.29, 1.82) is 0 Å². The molecule has 244 valence electrons. The second-order valence-electron chi connectivity index (χ2n) is 12.3. The SMILES string of the molecule is CCCCCCCCCCCCCCCCC(=O)O[C@@H](CO)COC(=O)CCCCCCCCCCCCCCC. The number of aliphatic hydroxyl groups is 1. The molecule has 5 nitrogen and oxygen atoms in total. The van der Waals surface area contributed by atoms with Gasteiger partial charge in [0.05, 0.1) is 6.61 Å². The van der Waals surface area contributed by atoms with Crippen LogP contribution in [0.3, 0.4) is 0 Å². The molecule has 0 saturated carbocycles. The van der Waals surface area contributed by atoms with Gasteiger partial charge in [0, 0.05) is 12.8 Å². The third kappa shape index (κ3) is 31.7. The number of hydrogen-bond donors (Lipinski definition) is 1. The monoisotopic (exact) mass is 583 g/mol. The summed E-state index contributed by atoms with van der Waals surface area (Å²) >= 11 is 0. The Labute approximate surface area is 255 Å². The number of hydrogen-bond acceptors (Lipinski definition) is 5. The maximum Gasteiger partial charge on any atom is 0.306 e. The molecule has 0 aliphatic rings. The molecule has 0 bridgehead atoms. The number of aliphatic hydroxyl groups excluding tert-OH is 1. The molecule has 1 N–H and O–H groups in total.